The van der Waals surface area contributed by atoms with Crippen LogP contribution in [-0.4, -0.2) is 48.2 Å². The standard InChI is InChI=1S/C21H26N4O2/c1-4-25-11-15(12-25)13-27-18-9-20(22-10-19(18)26-3)24-21-17-7-5-6-16(17)8-14(2)23-21/h5,7-10,15H,4,6,11-13H2,1-3H3,(H,22,23,24). The highest BCUT2D eigenvalue weighted by Crippen LogP contribution is 2.33. The predicted molar refractivity (Wildman–Crippen MR) is 107 cm³/mol. The van der Waals surface area contributed by atoms with Crippen molar-refractivity contribution in [3.63, 3.8) is 0 Å². The largest absolute Gasteiger partial charge is 0.491 e. The molecule has 0 bridgehead atoms. The quantitative estimate of drug-likeness (QED) is 0.810. The molecule has 0 atom stereocenters. The number of allylic oxidation sites excluding steroid dienone is 1. The van der Waals surface area contributed by atoms with Gasteiger partial charge in [0.25, 0.3) is 0 Å². The van der Waals surface area contributed by atoms with Gasteiger partial charge in [0.1, 0.15) is 11.6 Å². The van der Waals surface area contributed by atoms with Crippen LogP contribution in [0.15, 0.2) is 24.4 Å². The van der Waals surface area contributed by atoms with Gasteiger partial charge < -0.3 is 19.7 Å². The third-order valence-electron chi connectivity index (χ3n) is 5.15. The minimum atomic E-state index is 0.575. The maximum Gasteiger partial charge on any atom is 0.179 e. The van der Waals surface area contributed by atoms with Gasteiger partial charge in [0, 0.05) is 36.3 Å². The minimum absolute atomic E-state index is 0.575. The lowest BCUT2D eigenvalue weighted by Crippen LogP contribution is -2.48. The van der Waals surface area contributed by atoms with Crippen LogP contribution in [0, 0.1) is 12.8 Å². The number of hydrogen-bond donors (Lipinski definition) is 1. The summed E-state index contributed by atoms with van der Waals surface area (Å²) in [4.78, 5) is 11.5. The van der Waals surface area contributed by atoms with Gasteiger partial charge in [-0.05, 0) is 31.5 Å². The molecule has 6 nitrogen and oxygen atoms in total. The summed E-state index contributed by atoms with van der Waals surface area (Å²) in [6.45, 7) is 8.19. The van der Waals surface area contributed by atoms with E-state index < -0.39 is 0 Å². The van der Waals surface area contributed by atoms with Crippen LogP contribution in [0.25, 0.3) is 6.08 Å². The molecule has 0 aromatic carbocycles. The first-order chi connectivity index (χ1) is 13.2. The van der Waals surface area contributed by atoms with E-state index in [-0.39, 0.29) is 0 Å². The van der Waals surface area contributed by atoms with Crippen molar-refractivity contribution < 1.29 is 9.47 Å². The zero-order chi connectivity index (χ0) is 18.8. The molecule has 0 unspecified atom stereocenters. The van der Waals surface area contributed by atoms with Gasteiger partial charge in [0.05, 0.1) is 19.9 Å². The molecule has 1 saturated heterocycles. The number of fused-ring (bicyclic) bond motifs is 1. The molecule has 142 valence electrons. The lowest BCUT2D eigenvalue weighted by atomic mass is 10.0. The Balaban J connectivity index is 1.50. The van der Waals surface area contributed by atoms with E-state index in [0.717, 1.165) is 43.1 Å². The van der Waals surface area contributed by atoms with Gasteiger partial charge in [-0.2, -0.15) is 0 Å². The number of rotatable bonds is 7. The Hall–Kier alpha value is -2.60. The number of nitrogens with one attached hydrogen (secondary N) is 1. The second kappa shape index (κ2) is 7.56. The molecular formula is C21H26N4O2. The molecule has 2 aromatic rings. The smallest absolute Gasteiger partial charge is 0.179 e. The Bertz CT molecular complexity index is 860. The molecule has 0 amide bonds. The first-order valence-electron chi connectivity index (χ1n) is 9.49. The van der Waals surface area contributed by atoms with E-state index in [9.17, 15) is 0 Å². The second-order valence-corrected chi connectivity index (χ2v) is 7.17. The van der Waals surface area contributed by atoms with E-state index >= 15 is 0 Å². The van der Waals surface area contributed by atoms with E-state index in [1.165, 1.54) is 5.56 Å². The normalized spacial score (nSPS) is 16.1. The van der Waals surface area contributed by atoms with Crippen LogP contribution >= 0.6 is 0 Å². The molecule has 0 saturated carbocycles. The summed E-state index contributed by atoms with van der Waals surface area (Å²) in [5, 5.41) is 3.35. The summed E-state index contributed by atoms with van der Waals surface area (Å²) in [6.07, 6.45) is 6.92. The molecule has 0 radical (unpaired) electrons. The molecule has 1 fully saturated rings. The Morgan fingerprint density at radius 1 is 1.26 bits per heavy atom. The molecular weight excluding hydrogens is 340 g/mol. The number of anilines is 2. The summed E-state index contributed by atoms with van der Waals surface area (Å²) < 4.78 is 11.5. The molecule has 0 spiro atoms. The molecule has 2 aromatic heterocycles. The van der Waals surface area contributed by atoms with Gasteiger partial charge >= 0.3 is 0 Å². The second-order valence-electron chi connectivity index (χ2n) is 7.17. The lowest BCUT2D eigenvalue weighted by molar-refractivity contribution is 0.0662. The predicted octanol–water partition coefficient (Wildman–Crippen LogP) is 3.44. The van der Waals surface area contributed by atoms with Gasteiger partial charge in [-0.25, -0.2) is 9.97 Å². The number of pyridine rings is 2. The third kappa shape index (κ3) is 3.76. The molecule has 2 aliphatic rings. The molecule has 1 aliphatic carbocycles. The number of likely N-dealkylation sites (tertiary alicyclic amines) is 1. The maximum atomic E-state index is 6.05. The number of methoxy groups -OCH3 is 1. The summed E-state index contributed by atoms with van der Waals surface area (Å²) in [7, 11) is 1.64. The van der Waals surface area contributed by atoms with Crippen molar-refractivity contribution >= 4 is 17.7 Å². The first-order valence-corrected chi connectivity index (χ1v) is 9.49. The Labute approximate surface area is 160 Å². The van der Waals surface area contributed by atoms with Crippen LogP contribution in [0.3, 0.4) is 0 Å². The zero-order valence-corrected chi connectivity index (χ0v) is 16.2. The zero-order valence-electron chi connectivity index (χ0n) is 16.2. The molecule has 1 aliphatic heterocycles. The summed E-state index contributed by atoms with van der Waals surface area (Å²) in [6, 6.07) is 4.03. The van der Waals surface area contributed by atoms with Crippen LogP contribution in [0.2, 0.25) is 0 Å². The number of hydrogen-bond acceptors (Lipinski definition) is 6. The average Bonchev–Trinajstić information content (AvgIpc) is 3.09. The summed E-state index contributed by atoms with van der Waals surface area (Å²) in [5.41, 5.74) is 3.42. The van der Waals surface area contributed by atoms with Gasteiger partial charge in [0.2, 0.25) is 0 Å². The summed E-state index contributed by atoms with van der Waals surface area (Å²) in [5.74, 6) is 3.47. The van der Waals surface area contributed by atoms with Crippen molar-refractivity contribution in [1.29, 1.82) is 0 Å². The van der Waals surface area contributed by atoms with Crippen LogP contribution < -0.4 is 14.8 Å². The molecule has 3 heterocycles. The highest BCUT2D eigenvalue weighted by molar-refractivity contribution is 5.73. The summed E-state index contributed by atoms with van der Waals surface area (Å²) >= 11 is 0. The average molecular weight is 366 g/mol. The number of ether oxygens (including phenoxy) is 2. The molecule has 4 rings (SSSR count). The topological polar surface area (TPSA) is 59.5 Å². The first kappa shape index (κ1) is 17.8. The van der Waals surface area contributed by atoms with Crippen LogP contribution in [0.5, 0.6) is 11.5 Å². The monoisotopic (exact) mass is 366 g/mol. The van der Waals surface area contributed by atoms with Crippen molar-refractivity contribution in [2.45, 2.75) is 20.3 Å². The van der Waals surface area contributed by atoms with Crippen LogP contribution in [-0.2, 0) is 6.42 Å². The highest BCUT2D eigenvalue weighted by atomic mass is 16.5. The number of aryl methyl sites for hydroxylation is 1. The van der Waals surface area contributed by atoms with E-state index in [1.807, 2.05) is 13.0 Å². The molecule has 27 heavy (non-hydrogen) atoms. The van der Waals surface area contributed by atoms with Gasteiger partial charge in [-0.1, -0.05) is 19.1 Å². The van der Waals surface area contributed by atoms with Crippen LogP contribution in [0.1, 0.15) is 23.7 Å². The number of nitrogens with zero attached hydrogens (tertiary/aromatic N) is 3. The number of aromatic nitrogens is 2. The van der Waals surface area contributed by atoms with E-state index in [2.05, 4.69) is 45.3 Å². The fraction of sp³-hybridized carbons (Fsp3) is 0.429. The highest BCUT2D eigenvalue weighted by Gasteiger charge is 2.26. The Kier molecular flexibility index (Phi) is 4.99. The maximum absolute atomic E-state index is 6.05. The molecule has 1 N–H and O–H groups in total. The lowest BCUT2D eigenvalue weighted by Gasteiger charge is -2.38. The fourth-order valence-electron chi connectivity index (χ4n) is 3.63. The van der Waals surface area contributed by atoms with Crippen molar-refractivity contribution in [2.24, 2.45) is 5.92 Å². The Morgan fingerprint density at radius 2 is 2.11 bits per heavy atom. The fourth-order valence-corrected chi connectivity index (χ4v) is 3.63. The van der Waals surface area contributed by atoms with Crippen molar-refractivity contribution in [1.82, 2.24) is 14.9 Å². The third-order valence-corrected chi connectivity index (χ3v) is 5.15. The van der Waals surface area contributed by atoms with Gasteiger partial charge in [-0.15, -0.1) is 0 Å². The van der Waals surface area contributed by atoms with Gasteiger partial charge in [-0.3, -0.25) is 0 Å². The van der Waals surface area contributed by atoms with E-state index in [0.29, 0.717) is 29.8 Å². The van der Waals surface area contributed by atoms with Crippen molar-refractivity contribution in [3.8, 4) is 11.5 Å². The van der Waals surface area contributed by atoms with E-state index in [1.54, 1.807) is 13.3 Å². The molecule has 6 heteroatoms. The van der Waals surface area contributed by atoms with Crippen molar-refractivity contribution in [2.75, 3.05) is 38.7 Å². The van der Waals surface area contributed by atoms with Gasteiger partial charge in [0.15, 0.2) is 11.5 Å². The minimum Gasteiger partial charge on any atom is -0.491 e. The van der Waals surface area contributed by atoms with Crippen molar-refractivity contribution in [3.05, 3.63) is 41.2 Å². The van der Waals surface area contributed by atoms with E-state index in [4.69, 9.17) is 9.47 Å². The van der Waals surface area contributed by atoms with Crippen LogP contribution in [0.4, 0.5) is 11.6 Å². The SMILES string of the molecule is CCN1CC(COc2cc(Nc3nc(C)cc4c3C=CC4)ncc2OC)C1. The Morgan fingerprint density at radius 3 is 2.89 bits per heavy atom.